The maximum atomic E-state index is 12.7. The lowest BCUT2D eigenvalue weighted by molar-refractivity contribution is -0.141. The molecule has 1 aromatic carbocycles. The lowest BCUT2D eigenvalue weighted by atomic mass is 10.0. The fraction of sp³-hybridized carbons (Fsp3) is 0.485. The van der Waals surface area contributed by atoms with Gasteiger partial charge in [-0.2, -0.15) is 0 Å². The topological polar surface area (TPSA) is 307 Å². The van der Waals surface area contributed by atoms with Crippen molar-refractivity contribution in [1.82, 2.24) is 30.9 Å². The zero-order chi connectivity index (χ0) is 41.0. The first kappa shape index (κ1) is 46.3. The number of halogens is 1. The number of ether oxygens (including phenoxy) is 2. The molecule has 0 saturated heterocycles. The lowest BCUT2D eigenvalue weighted by Gasteiger charge is -2.25. The lowest BCUT2D eigenvalue weighted by Crippen LogP contribution is -2.51. The number of nitrogens with zero attached hydrogens (tertiary/aromatic N) is 3. The zero-order valence-electron chi connectivity index (χ0n) is 30.0. The molecule has 56 heavy (non-hydrogen) atoms. The van der Waals surface area contributed by atoms with Gasteiger partial charge in [-0.25, -0.2) is 24.5 Å². The molecule has 0 aliphatic rings. The summed E-state index contributed by atoms with van der Waals surface area (Å²) >= 11 is 3.45. The van der Waals surface area contributed by atoms with Gasteiger partial charge in [0, 0.05) is 40.0 Å². The number of aromatic nitrogens is 3. The standard InChI is InChI=1S/C33H45BrN8O12S2/c1-35-21(5-6-27(46)38-14-24(44)28(47)29(48)25(45)15-43)31(49)42-23(32(50)51)16-56-55-10-9-54-33(52)53-8-7-36-26-12-20-22(13-37-26)39-17-40-30(20)41-19-4-2-3-18(34)11-19/h2-4,11-13,17,21,23-25,28-29,35,43-45,47-48H,5-10,14-16H2,1H3,(H,36,37)(H,38,46)(H,42,49)(H,50,51)(H,39,40,41)/t21-,23-,24-,25+,28+,29+/m0/s1. The first-order valence-corrected chi connectivity index (χ1v) is 20.3. The Balaban J connectivity index is 1.30. The van der Waals surface area contributed by atoms with E-state index in [-0.39, 0.29) is 38.4 Å². The van der Waals surface area contributed by atoms with Crippen LogP contribution in [-0.2, 0) is 23.9 Å². The average molecular weight is 890 g/mol. The maximum Gasteiger partial charge on any atom is 0.508 e. The first-order valence-electron chi connectivity index (χ1n) is 17.0. The number of rotatable bonds is 25. The van der Waals surface area contributed by atoms with Crippen molar-refractivity contribution in [3.63, 3.8) is 0 Å². The van der Waals surface area contributed by atoms with Crippen LogP contribution in [0.5, 0.6) is 0 Å². The number of likely N-dealkylation sites (N-methyl/N-ethyl adjacent to an activating group) is 1. The number of aliphatic carboxylic acids is 1. The van der Waals surface area contributed by atoms with E-state index in [0.717, 1.165) is 26.3 Å². The smallest absolute Gasteiger partial charge is 0.480 e. The number of benzene rings is 1. The van der Waals surface area contributed by atoms with Crippen LogP contribution in [0.15, 0.2) is 47.3 Å². The van der Waals surface area contributed by atoms with Crippen molar-refractivity contribution in [2.75, 3.05) is 62.1 Å². The summed E-state index contributed by atoms with van der Waals surface area (Å²) < 4.78 is 11.1. The molecule has 0 fully saturated rings. The quantitative estimate of drug-likeness (QED) is 0.0302. The van der Waals surface area contributed by atoms with Crippen LogP contribution in [0, 0.1) is 0 Å². The molecule has 23 heteroatoms. The third-order valence-electron chi connectivity index (χ3n) is 7.72. The molecule has 2 aromatic heterocycles. The largest absolute Gasteiger partial charge is 0.508 e. The number of aliphatic hydroxyl groups excluding tert-OH is 5. The minimum atomic E-state index is -1.85. The van der Waals surface area contributed by atoms with Gasteiger partial charge < -0.3 is 66.7 Å². The Labute approximate surface area is 337 Å². The molecule has 308 valence electrons. The Morgan fingerprint density at radius 1 is 0.946 bits per heavy atom. The molecule has 0 saturated carbocycles. The van der Waals surface area contributed by atoms with Crippen molar-refractivity contribution in [3.8, 4) is 0 Å². The molecule has 0 aliphatic carbocycles. The van der Waals surface area contributed by atoms with Gasteiger partial charge >= 0.3 is 12.1 Å². The first-order chi connectivity index (χ1) is 26.8. The van der Waals surface area contributed by atoms with Crippen molar-refractivity contribution in [1.29, 1.82) is 0 Å². The van der Waals surface area contributed by atoms with E-state index in [1.54, 1.807) is 12.3 Å². The predicted octanol–water partition coefficient (Wildman–Crippen LogP) is -0.0329. The third-order valence-corrected chi connectivity index (χ3v) is 10.6. The van der Waals surface area contributed by atoms with E-state index in [4.69, 9.17) is 14.6 Å². The van der Waals surface area contributed by atoms with E-state index in [1.807, 2.05) is 24.3 Å². The van der Waals surface area contributed by atoms with Crippen molar-refractivity contribution >= 4 is 89.7 Å². The minimum Gasteiger partial charge on any atom is -0.480 e. The van der Waals surface area contributed by atoms with Gasteiger partial charge in [0.25, 0.3) is 0 Å². The Bertz CT molecular complexity index is 1740. The van der Waals surface area contributed by atoms with Crippen LogP contribution in [-0.4, -0.2) is 157 Å². The van der Waals surface area contributed by atoms with Crippen LogP contribution in [0.25, 0.3) is 10.9 Å². The second-order valence-corrected chi connectivity index (χ2v) is 15.3. The monoisotopic (exact) mass is 888 g/mol. The zero-order valence-corrected chi connectivity index (χ0v) is 33.3. The molecule has 0 bridgehead atoms. The van der Waals surface area contributed by atoms with Crippen LogP contribution in [0.4, 0.5) is 22.1 Å². The molecule has 0 radical (unpaired) electrons. The van der Waals surface area contributed by atoms with E-state index in [2.05, 4.69) is 57.5 Å². The SMILES string of the molecule is CN[C@@H](CCC(=O)NC[C@H](O)[C@@H](O)[C@H](O)[C@H](O)CO)C(=O)N[C@@H](CSSCCOC(=O)OCCNc1cc2c(Nc3cccc(Br)c3)ncnc2cn1)C(=O)O. The van der Waals surface area contributed by atoms with Crippen molar-refractivity contribution < 1.29 is 59.3 Å². The Hall–Kier alpha value is -4.07. The molecule has 0 unspecified atom stereocenters. The Kier molecular flexibility index (Phi) is 20.3. The highest BCUT2D eigenvalue weighted by atomic mass is 79.9. The van der Waals surface area contributed by atoms with Crippen LogP contribution in [0.2, 0.25) is 0 Å². The molecule has 11 N–H and O–H groups in total. The normalized spacial score (nSPS) is 14.4. The maximum absolute atomic E-state index is 12.7. The van der Waals surface area contributed by atoms with Gasteiger partial charge in [-0.05, 0) is 37.7 Å². The molecule has 6 atom stereocenters. The van der Waals surface area contributed by atoms with Gasteiger partial charge in [-0.1, -0.05) is 43.6 Å². The van der Waals surface area contributed by atoms with Crippen LogP contribution in [0.3, 0.4) is 0 Å². The summed E-state index contributed by atoms with van der Waals surface area (Å²) in [6.07, 6.45) is -5.14. The summed E-state index contributed by atoms with van der Waals surface area (Å²) in [6, 6.07) is 7.20. The summed E-state index contributed by atoms with van der Waals surface area (Å²) in [6.45, 7) is -1.12. The van der Waals surface area contributed by atoms with Gasteiger partial charge in [0.2, 0.25) is 11.8 Å². The molecular formula is C33H45BrN8O12S2. The number of fused-ring (bicyclic) bond motifs is 1. The minimum absolute atomic E-state index is 0.0106. The predicted molar refractivity (Wildman–Crippen MR) is 211 cm³/mol. The van der Waals surface area contributed by atoms with Crippen molar-refractivity contribution in [3.05, 3.63) is 47.3 Å². The number of carbonyl (C=O) groups excluding carboxylic acids is 3. The second kappa shape index (κ2) is 24.5. The number of carboxylic acids is 1. The molecule has 20 nitrogen and oxygen atoms in total. The molecule has 2 heterocycles. The van der Waals surface area contributed by atoms with Gasteiger partial charge in [0.05, 0.1) is 37.0 Å². The van der Waals surface area contributed by atoms with E-state index >= 15 is 0 Å². The number of amides is 2. The van der Waals surface area contributed by atoms with Gasteiger partial charge in [0.15, 0.2) is 0 Å². The summed E-state index contributed by atoms with van der Waals surface area (Å²) in [5, 5.41) is 71.8. The second-order valence-electron chi connectivity index (χ2n) is 11.8. The summed E-state index contributed by atoms with van der Waals surface area (Å²) in [5.41, 5.74) is 1.47. The number of nitrogens with one attached hydrogen (secondary N) is 5. The van der Waals surface area contributed by atoms with Gasteiger partial charge in [-0.15, -0.1) is 0 Å². The van der Waals surface area contributed by atoms with E-state index in [9.17, 15) is 44.7 Å². The van der Waals surface area contributed by atoms with Crippen LogP contribution >= 0.6 is 37.5 Å². The van der Waals surface area contributed by atoms with E-state index in [1.165, 1.54) is 24.2 Å². The fourth-order valence-electron chi connectivity index (χ4n) is 4.67. The molecule has 0 spiro atoms. The number of aliphatic hydroxyl groups is 5. The van der Waals surface area contributed by atoms with Gasteiger partial charge in [0.1, 0.15) is 55.5 Å². The highest BCUT2D eigenvalue weighted by molar-refractivity contribution is 9.10. The number of hydrogen-bond acceptors (Lipinski definition) is 19. The third kappa shape index (κ3) is 15.8. The highest BCUT2D eigenvalue weighted by Gasteiger charge is 2.30. The van der Waals surface area contributed by atoms with Crippen LogP contribution < -0.4 is 26.6 Å². The summed E-state index contributed by atoms with van der Waals surface area (Å²) in [7, 11) is 3.82. The fourth-order valence-corrected chi connectivity index (χ4v) is 7.05. The van der Waals surface area contributed by atoms with Crippen molar-refractivity contribution in [2.24, 2.45) is 0 Å². The number of pyridine rings is 1. The van der Waals surface area contributed by atoms with Crippen LogP contribution in [0.1, 0.15) is 12.8 Å². The number of hydrogen-bond donors (Lipinski definition) is 11. The molecular weight excluding hydrogens is 844 g/mol. The highest BCUT2D eigenvalue weighted by Crippen LogP contribution is 2.26. The van der Waals surface area contributed by atoms with Crippen molar-refractivity contribution in [2.45, 2.75) is 49.3 Å². The molecule has 2 amide bonds. The number of anilines is 3. The molecule has 3 rings (SSSR count). The number of carbonyl (C=O) groups is 4. The van der Waals surface area contributed by atoms with E-state index < -0.39 is 73.6 Å². The molecule has 0 aliphatic heterocycles. The summed E-state index contributed by atoms with van der Waals surface area (Å²) in [5.74, 6) is -1.17. The number of carboxylic acid groups (broad SMARTS) is 1. The van der Waals surface area contributed by atoms with E-state index in [0.29, 0.717) is 22.9 Å². The Morgan fingerprint density at radius 3 is 2.41 bits per heavy atom. The summed E-state index contributed by atoms with van der Waals surface area (Å²) in [4.78, 5) is 61.7. The molecule has 3 aromatic rings. The Morgan fingerprint density at radius 2 is 1.70 bits per heavy atom. The van der Waals surface area contributed by atoms with Gasteiger partial charge in [-0.3, -0.25) is 9.59 Å². The average Bonchev–Trinajstić information content (AvgIpc) is 3.18.